The topological polar surface area (TPSA) is 62.5 Å². The lowest BCUT2D eigenvalue weighted by molar-refractivity contribution is 0.271. The molecule has 0 unspecified atom stereocenters. The highest BCUT2D eigenvalue weighted by Crippen LogP contribution is 2.34. The van der Waals surface area contributed by atoms with Gasteiger partial charge in [-0.15, -0.1) is 0 Å². The molecule has 0 atom stereocenters. The van der Waals surface area contributed by atoms with Gasteiger partial charge in [0.1, 0.15) is 5.75 Å². The second-order valence-corrected chi connectivity index (χ2v) is 7.97. The van der Waals surface area contributed by atoms with Crippen LogP contribution in [0.4, 0.5) is 0 Å². The van der Waals surface area contributed by atoms with Gasteiger partial charge in [0, 0.05) is 6.07 Å². The van der Waals surface area contributed by atoms with E-state index in [2.05, 4.69) is 26.8 Å². The summed E-state index contributed by atoms with van der Waals surface area (Å²) in [5, 5.41) is 19.2. The number of hydrogen-bond donors (Lipinski definition) is 1. The predicted molar refractivity (Wildman–Crippen MR) is 106 cm³/mol. The van der Waals surface area contributed by atoms with Gasteiger partial charge in [-0.2, -0.15) is 5.26 Å². The molecule has 0 saturated heterocycles. The summed E-state index contributed by atoms with van der Waals surface area (Å²) in [6.07, 6.45) is 5.70. The third kappa shape index (κ3) is 7.99. The Bertz CT molecular complexity index is 588. The lowest BCUT2D eigenvalue weighted by Crippen LogP contribution is -2.07. The van der Waals surface area contributed by atoms with Crippen LogP contribution in [-0.2, 0) is 6.42 Å². The Morgan fingerprint density at radius 2 is 1.77 bits per heavy atom. The molecule has 1 aromatic rings. The maximum Gasteiger partial charge on any atom is 0.161 e. The van der Waals surface area contributed by atoms with Crippen molar-refractivity contribution in [3.05, 3.63) is 17.7 Å². The van der Waals surface area contributed by atoms with Crippen LogP contribution in [0.1, 0.15) is 72.3 Å². The molecule has 0 aliphatic carbocycles. The summed E-state index contributed by atoms with van der Waals surface area (Å²) >= 11 is 0. The van der Waals surface area contributed by atoms with Crippen LogP contribution in [0.25, 0.3) is 0 Å². The molecule has 0 bridgehead atoms. The third-order valence-electron chi connectivity index (χ3n) is 4.48. The monoisotopic (exact) mass is 361 g/mol. The minimum absolute atomic E-state index is 0.136. The second-order valence-electron chi connectivity index (χ2n) is 7.97. The summed E-state index contributed by atoms with van der Waals surface area (Å²) in [5.41, 5.74) is 0.806. The van der Waals surface area contributed by atoms with Gasteiger partial charge < -0.3 is 14.6 Å². The molecule has 4 heteroatoms. The summed E-state index contributed by atoms with van der Waals surface area (Å²) in [6.45, 7) is 11.6. The number of nitrogens with zero attached hydrogens (tertiary/aromatic N) is 1. The highest BCUT2D eigenvalue weighted by atomic mass is 16.5. The number of rotatable bonds is 12. The zero-order chi connectivity index (χ0) is 19.6. The largest absolute Gasteiger partial charge is 0.504 e. The number of benzene rings is 1. The predicted octanol–water partition coefficient (Wildman–Crippen LogP) is 5.87. The zero-order valence-corrected chi connectivity index (χ0v) is 17.1. The standard InChI is InChI=1S/C22H35NO3/c1-6-18-14-21(26-13-10-17(2)3)19(24)15-20(18)25-12-9-7-8-11-22(4,5)16-23/h14-15,17,24H,6-13H2,1-5H3. The minimum atomic E-state index is -0.243. The number of phenolic OH excluding ortho intramolecular Hbond substituents is 1. The van der Waals surface area contributed by atoms with Crippen molar-refractivity contribution in [3.63, 3.8) is 0 Å². The molecular weight excluding hydrogens is 326 g/mol. The smallest absolute Gasteiger partial charge is 0.161 e. The quantitative estimate of drug-likeness (QED) is 0.473. The van der Waals surface area contributed by atoms with Crippen LogP contribution >= 0.6 is 0 Å². The van der Waals surface area contributed by atoms with Crippen molar-refractivity contribution in [1.82, 2.24) is 0 Å². The summed E-state index contributed by atoms with van der Waals surface area (Å²) in [4.78, 5) is 0. The van der Waals surface area contributed by atoms with E-state index in [1.165, 1.54) is 0 Å². The molecule has 0 saturated carbocycles. The van der Waals surface area contributed by atoms with Gasteiger partial charge in [0.25, 0.3) is 0 Å². The second kappa shape index (κ2) is 11.0. The third-order valence-corrected chi connectivity index (χ3v) is 4.48. The van der Waals surface area contributed by atoms with E-state index in [1.807, 2.05) is 19.9 Å². The highest BCUT2D eigenvalue weighted by molar-refractivity contribution is 5.50. The fraction of sp³-hybridized carbons (Fsp3) is 0.682. The van der Waals surface area contributed by atoms with E-state index in [0.717, 1.165) is 49.8 Å². The number of aryl methyl sites for hydroxylation is 1. The van der Waals surface area contributed by atoms with E-state index < -0.39 is 0 Å². The normalized spacial score (nSPS) is 11.4. The van der Waals surface area contributed by atoms with Gasteiger partial charge >= 0.3 is 0 Å². The maximum atomic E-state index is 10.2. The minimum Gasteiger partial charge on any atom is -0.504 e. The Labute approximate surface area is 159 Å². The molecule has 0 spiro atoms. The van der Waals surface area contributed by atoms with Gasteiger partial charge in [0.2, 0.25) is 0 Å². The number of ether oxygens (including phenoxy) is 2. The summed E-state index contributed by atoms with van der Waals surface area (Å²) < 4.78 is 11.6. The van der Waals surface area contributed by atoms with Crippen molar-refractivity contribution >= 4 is 0 Å². The molecule has 1 rings (SSSR count). The SMILES string of the molecule is CCc1cc(OCCC(C)C)c(O)cc1OCCCCCC(C)(C)C#N. The van der Waals surface area contributed by atoms with Crippen LogP contribution in [0.5, 0.6) is 17.2 Å². The molecule has 1 aromatic carbocycles. The average Bonchev–Trinajstić information content (AvgIpc) is 2.59. The van der Waals surface area contributed by atoms with Crippen molar-refractivity contribution in [1.29, 1.82) is 5.26 Å². The fourth-order valence-electron chi connectivity index (χ4n) is 2.61. The van der Waals surface area contributed by atoms with E-state index >= 15 is 0 Å². The molecule has 0 amide bonds. The first kappa shape index (κ1) is 22.2. The van der Waals surface area contributed by atoms with Crippen molar-refractivity contribution < 1.29 is 14.6 Å². The van der Waals surface area contributed by atoms with Crippen LogP contribution in [0.3, 0.4) is 0 Å². The Morgan fingerprint density at radius 1 is 1.08 bits per heavy atom. The molecule has 0 aliphatic rings. The van der Waals surface area contributed by atoms with Gasteiger partial charge in [-0.05, 0) is 57.1 Å². The molecule has 0 fully saturated rings. The Kier molecular flexibility index (Phi) is 9.34. The first-order valence-electron chi connectivity index (χ1n) is 9.81. The lowest BCUT2D eigenvalue weighted by Gasteiger charge is -2.16. The summed E-state index contributed by atoms with van der Waals surface area (Å²) in [6, 6.07) is 5.89. The van der Waals surface area contributed by atoms with Crippen LogP contribution in [0, 0.1) is 22.7 Å². The Hall–Kier alpha value is -1.89. The molecule has 0 aromatic heterocycles. The molecule has 0 aliphatic heterocycles. The van der Waals surface area contributed by atoms with E-state index in [-0.39, 0.29) is 11.2 Å². The number of phenols is 1. The van der Waals surface area contributed by atoms with E-state index in [0.29, 0.717) is 24.9 Å². The zero-order valence-electron chi connectivity index (χ0n) is 17.1. The van der Waals surface area contributed by atoms with Gasteiger partial charge in [-0.25, -0.2) is 0 Å². The van der Waals surface area contributed by atoms with E-state index in [9.17, 15) is 5.11 Å². The molecule has 26 heavy (non-hydrogen) atoms. The van der Waals surface area contributed by atoms with Crippen LogP contribution in [0.2, 0.25) is 0 Å². The first-order chi connectivity index (χ1) is 12.3. The van der Waals surface area contributed by atoms with E-state index in [4.69, 9.17) is 14.7 Å². The molecule has 146 valence electrons. The van der Waals surface area contributed by atoms with E-state index in [1.54, 1.807) is 6.07 Å². The molecular formula is C22H35NO3. The van der Waals surface area contributed by atoms with Crippen LogP contribution in [0.15, 0.2) is 12.1 Å². The van der Waals surface area contributed by atoms with Gasteiger partial charge in [-0.1, -0.05) is 33.6 Å². The fourth-order valence-corrected chi connectivity index (χ4v) is 2.61. The van der Waals surface area contributed by atoms with Crippen LogP contribution < -0.4 is 9.47 Å². The first-order valence-corrected chi connectivity index (χ1v) is 9.81. The van der Waals surface area contributed by atoms with Crippen molar-refractivity contribution in [2.45, 2.75) is 73.1 Å². The van der Waals surface area contributed by atoms with Crippen molar-refractivity contribution in [2.75, 3.05) is 13.2 Å². The summed E-state index contributed by atoms with van der Waals surface area (Å²) in [7, 11) is 0. The number of hydrogen-bond acceptors (Lipinski definition) is 4. The lowest BCUT2D eigenvalue weighted by atomic mass is 9.89. The number of aromatic hydroxyl groups is 1. The maximum absolute atomic E-state index is 10.2. The Balaban J connectivity index is 2.49. The number of unbranched alkanes of at least 4 members (excludes halogenated alkanes) is 2. The van der Waals surface area contributed by atoms with Crippen molar-refractivity contribution in [3.8, 4) is 23.3 Å². The molecule has 1 N–H and O–H groups in total. The average molecular weight is 362 g/mol. The molecule has 0 heterocycles. The highest BCUT2D eigenvalue weighted by Gasteiger charge is 2.15. The summed E-state index contributed by atoms with van der Waals surface area (Å²) in [5.74, 6) is 1.98. The van der Waals surface area contributed by atoms with Gasteiger partial charge in [0.15, 0.2) is 11.5 Å². The van der Waals surface area contributed by atoms with Crippen LogP contribution in [-0.4, -0.2) is 18.3 Å². The number of nitriles is 1. The van der Waals surface area contributed by atoms with Gasteiger partial charge in [0.05, 0.1) is 24.7 Å². The molecule has 0 radical (unpaired) electrons. The van der Waals surface area contributed by atoms with Gasteiger partial charge in [-0.3, -0.25) is 0 Å². The molecule has 4 nitrogen and oxygen atoms in total. The van der Waals surface area contributed by atoms with Crippen molar-refractivity contribution in [2.24, 2.45) is 11.3 Å². The Morgan fingerprint density at radius 3 is 2.38 bits per heavy atom.